The third-order valence-corrected chi connectivity index (χ3v) is 4.49. The maximum absolute atomic E-state index is 12.4. The van der Waals surface area contributed by atoms with Crippen LogP contribution in [0, 0.1) is 6.92 Å². The summed E-state index contributed by atoms with van der Waals surface area (Å²) in [6, 6.07) is 7.56. The van der Waals surface area contributed by atoms with Crippen LogP contribution in [0.5, 0.6) is 0 Å². The van der Waals surface area contributed by atoms with Gasteiger partial charge in [-0.05, 0) is 31.9 Å². The maximum Gasteiger partial charge on any atom is 0.252 e. The zero-order valence-corrected chi connectivity index (χ0v) is 12.8. The minimum atomic E-state index is -0.506. The first-order valence-electron chi connectivity index (χ1n) is 7.23. The topological polar surface area (TPSA) is 55.1 Å². The third-order valence-electron chi connectivity index (χ3n) is 4.10. The summed E-state index contributed by atoms with van der Waals surface area (Å²) in [6.07, 6.45) is 6.19. The van der Waals surface area contributed by atoms with E-state index >= 15 is 0 Å². The summed E-state index contributed by atoms with van der Waals surface area (Å²) in [6.45, 7) is 2.00. The molecule has 0 bridgehead atoms. The number of aryl methyl sites for hydroxylation is 1. The second-order valence-electron chi connectivity index (χ2n) is 5.68. The lowest BCUT2D eigenvalue weighted by Crippen LogP contribution is -2.56. The number of nitrogens with two attached hydrogens (primary N) is 1. The monoisotopic (exact) mass is 290 g/mol. The average molecular weight is 290 g/mol. The second-order valence-corrected chi connectivity index (χ2v) is 6.12. The predicted octanol–water partition coefficient (Wildman–Crippen LogP) is 3.10. The SMILES string of the molecule is Cc1ccc(C(=O)NC2(C(N)=S)CCCCCC2)cc1. The van der Waals surface area contributed by atoms with Crippen LogP contribution in [0.25, 0.3) is 0 Å². The van der Waals surface area contributed by atoms with Gasteiger partial charge < -0.3 is 11.1 Å². The molecule has 4 heteroatoms. The van der Waals surface area contributed by atoms with Crippen LogP contribution < -0.4 is 11.1 Å². The van der Waals surface area contributed by atoms with Crippen LogP contribution >= 0.6 is 12.2 Å². The first-order valence-corrected chi connectivity index (χ1v) is 7.63. The van der Waals surface area contributed by atoms with Gasteiger partial charge in [-0.3, -0.25) is 4.79 Å². The zero-order chi connectivity index (χ0) is 14.6. The van der Waals surface area contributed by atoms with Gasteiger partial charge in [0.05, 0.1) is 10.5 Å². The van der Waals surface area contributed by atoms with E-state index in [9.17, 15) is 4.79 Å². The predicted molar refractivity (Wildman–Crippen MR) is 85.9 cm³/mol. The lowest BCUT2D eigenvalue weighted by atomic mass is 9.89. The Morgan fingerprint density at radius 2 is 1.70 bits per heavy atom. The van der Waals surface area contributed by atoms with Crippen LogP contribution in [0.15, 0.2) is 24.3 Å². The molecule has 1 amide bonds. The highest BCUT2D eigenvalue weighted by atomic mass is 32.1. The van der Waals surface area contributed by atoms with Crippen molar-refractivity contribution in [3.63, 3.8) is 0 Å². The van der Waals surface area contributed by atoms with Crippen molar-refractivity contribution in [2.45, 2.75) is 51.0 Å². The summed E-state index contributed by atoms with van der Waals surface area (Å²) in [5.74, 6) is -0.0836. The molecular formula is C16H22N2OS. The molecule has 1 aromatic carbocycles. The summed E-state index contributed by atoms with van der Waals surface area (Å²) in [5.41, 5.74) is 7.23. The van der Waals surface area contributed by atoms with Crippen LogP contribution in [-0.4, -0.2) is 16.4 Å². The van der Waals surface area contributed by atoms with Gasteiger partial charge in [0.2, 0.25) is 0 Å². The Kier molecular flexibility index (Phi) is 4.76. The lowest BCUT2D eigenvalue weighted by Gasteiger charge is -2.33. The van der Waals surface area contributed by atoms with Crippen molar-refractivity contribution in [2.75, 3.05) is 0 Å². The fourth-order valence-corrected chi connectivity index (χ4v) is 3.01. The molecule has 3 N–H and O–H groups in total. The van der Waals surface area contributed by atoms with E-state index < -0.39 is 5.54 Å². The average Bonchev–Trinajstić information content (AvgIpc) is 2.66. The van der Waals surface area contributed by atoms with Gasteiger partial charge in [-0.25, -0.2) is 0 Å². The third kappa shape index (κ3) is 3.37. The van der Waals surface area contributed by atoms with E-state index in [2.05, 4.69) is 5.32 Å². The molecule has 0 heterocycles. The van der Waals surface area contributed by atoms with E-state index in [0.29, 0.717) is 10.6 Å². The van der Waals surface area contributed by atoms with Crippen LogP contribution in [0.4, 0.5) is 0 Å². The Morgan fingerprint density at radius 3 is 2.20 bits per heavy atom. The molecule has 0 aromatic heterocycles. The standard InChI is InChI=1S/C16H22N2OS/c1-12-6-8-13(9-7-12)14(19)18-16(15(17)20)10-4-2-3-5-11-16/h6-9H,2-5,10-11H2,1H3,(H2,17,20)(H,18,19). The van der Waals surface area contributed by atoms with Crippen LogP contribution in [0.1, 0.15) is 54.4 Å². The van der Waals surface area contributed by atoms with E-state index in [1.54, 1.807) is 0 Å². The first-order chi connectivity index (χ1) is 9.53. The molecule has 0 atom stereocenters. The van der Waals surface area contributed by atoms with Crippen molar-refractivity contribution >= 4 is 23.1 Å². The molecule has 2 rings (SSSR count). The van der Waals surface area contributed by atoms with Gasteiger partial charge in [0.1, 0.15) is 0 Å². The molecule has 0 radical (unpaired) electrons. The van der Waals surface area contributed by atoms with Gasteiger partial charge in [-0.15, -0.1) is 0 Å². The van der Waals surface area contributed by atoms with E-state index in [-0.39, 0.29) is 5.91 Å². The highest BCUT2D eigenvalue weighted by Crippen LogP contribution is 2.28. The van der Waals surface area contributed by atoms with Crippen LogP contribution in [0.2, 0.25) is 0 Å². The van der Waals surface area contributed by atoms with Gasteiger partial charge in [-0.1, -0.05) is 55.6 Å². The Morgan fingerprint density at radius 1 is 1.15 bits per heavy atom. The smallest absolute Gasteiger partial charge is 0.252 e. The van der Waals surface area contributed by atoms with Crippen LogP contribution in [-0.2, 0) is 0 Å². The molecule has 1 aliphatic rings. The fraction of sp³-hybridized carbons (Fsp3) is 0.500. The normalized spacial score (nSPS) is 18.1. The van der Waals surface area contributed by atoms with Gasteiger partial charge in [0, 0.05) is 5.56 Å². The number of carbonyl (C=O) groups is 1. The number of benzene rings is 1. The molecule has 3 nitrogen and oxygen atoms in total. The quantitative estimate of drug-likeness (QED) is 0.664. The van der Waals surface area contributed by atoms with Crippen molar-refractivity contribution < 1.29 is 4.79 Å². The summed E-state index contributed by atoms with van der Waals surface area (Å²) < 4.78 is 0. The highest BCUT2D eigenvalue weighted by molar-refractivity contribution is 7.80. The first kappa shape index (κ1) is 15.0. The number of rotatable bonds is 3. The van der Waals surface area contributed by atoms with E-state index in [0.717, 1.165) is 31.2 Å². The number of carbonyl (C=O) groups excluding carboxylic acids is 1. The van der Waals surface area contributed by atoms with E-state index in [1.165, 1.54) is 12.8 Å². The minimum Gasteiger partial charge on any atom is -0.391 e. The molecule has 0 aliphatic heterocycles. The zero-order valence-electron chi connectivity index (χ0n) is 11.9. The molecule has 0 unspecified atom stereocenters. The highest BCUT2D eigenvalue weighted by Gasteiger charge is 2.35. The molecule has 1 aliphatic carbocycles. The largest absolute Gasteiger partial charge is 0.391 e. The molecule has 0 saturated heterocycles. The number of hydrogen-bond acceptors (Lipinski definition) is 2. The molecule has 0 spiro atoms. The summed E-state index contributed by atoms with van der Waals surface area (Å²) in [7, 11) is 0. The molecule has 1 saturated carbocycles. The second kappa shape index (κ2) is 6.35. The molecule has 20 heavy (non-hydrogen) atoms. The van der Waals surface area contributed by atoms with Gasteiger partial charge in [-0.2, -0.15) is 0 Å². The fourth-order valence-electron chi connectivity index (χ4n) is 2.76. The van der Waals surface area contributed by atoms with Crippen molar-refractivity contribution in [3.05, 3.63) is 35.4 Å². The van der Waals surface area contributed by atoms with Crippen LogP contribution in [0.3, 0.4) is 0 Å². The van der Waals surface area contributed by atoms with E-state index in [4.69, 9.17) is 18.0 Å². The Hall–Kier alpha value is -1.42. The molecule has 1 fully saturated rings. The number of nitrogens with one attached hydrogen (secondary N) is 1. The summed E-state index contributed by atoms with van der Waals surface area (Å²) in [4.78, 5) is 12.8. The summed E-state index contributed by atoms with van der Waals surface area (Å²) in [5, 5.41) is 3.10. The van der Waals surface area contributed by atoms with Gasteiger partial charge in [0.25, 0.3) is 5.91 Å². The van der Waals surface area contributed by atoms with Crippen molar-refractivity contribution in [2.24, 2.45) is 5.73 Å². The van der Waals surface area contributed by atoms with Crippen molar-refractivity contribution in [3.8, 4) is 0 Å². The lowest BCUT2D eigenvalue weighted by molar-refractivity contribution is 0.0917. The van der Waals surface area contributed by atoms with Crippen molar-refractivity contribution in [1.82, 2.24) is 5.32 Å². The summed E-state index contributed by atoms with van der Waals surface area (Å²) >= 11 is 5.24. The Bertz CT molecular complexity index is 488. The Balaban J connectivity index is 2.17. The van der Waals surface area contributed by atoms with E-state index in [1.807, 2.05) is 31.2 Å². The maximum atomic E-state index is 12.4. The van der Waals surface area contributed by atoms with Gasteiger partial charge in [0.15, 0.2) is 0 Å². The molecule has 1 aromatic rings. The van der Waals surface area contributed by atoms with Crippen molar-refractivity contribution in [1.29, 1.82) is 0 Å². The number of amides is 1. The molecule has 108 valence electrons. The number of hydrogen-bond donors (Lipinski definition) is 2. The van der Waals surface area contributed by atoms with Gasteiger partial charge >= 0.3 is 0 Å². The minimum absolute atomic E-state index is 0.0836. The Labute approximate surface area is 125 Å². The number of thiocarbonyl (C=S) groups is 1. The molecular weight excluding hydrogens is 268 g/mol.